The van der Waals surface area contributed by atoms with Crippen molar-refractivity contribution in [2.24, 2.45) is 0 Å². The van der Waals surface area contributed by atoms with Gasteiger partial charge in [-0.05, 0) is 18.2 Å². The number of thioether (sulfide) groups is 1. The van der Waals surface area contributed by atoms with Crippen molar-refractivity contribution in [2.75, 3.05) is 31.8 Å². The molecule has 12 heteroatoms. The van der Waals surface area contributed by atoms with E-state index in [1.54, 1.807) is 24.3 Å². The fourth-order valence-electron chi connectivity index (χ4n) is 3.01. The molecule has 1 fully saturated rings. The van der Waals surface area contributed by atoms with E-state index in [0.29, 0.717) is 22.2 Å². The Bertz CT molecular complexity index is 1100. The number of methoxy groups -OCH3 is 2. The van der Waals surface area contributed by atoms with Gasteiger partial charge in [0.1, 0.15) is 17.0 Å². The van der Waals surface area contributed by atoms with Gasteiger partial charge in [-0.15, -0.1) is 11.8 Å². The Morgan fingerprint density at radius 1 is 1.19 bits per heavy atom. The molecule has 3 N–H and O–H groups in total. The molecule has 1 aliphatic heterocycles. The number of carbonyl (C=O) groups is 2. The van der Waals surface area contributed by atoms with Gasteiger partial charge in [-0.25, -0.2) is 8.42 Å². The first kappa shape index (κ1) is 24.2. The van der Waals surface area contributed by atoms with Crippen LogP contribution in [0.25, 0.3) is 0 Å². The summed E-state index contributed by atoms with van der Waals surface area (Å²) in [5, 5.41) is 7.31. The minimum atomic E-state index is -3.82. The number of sulfone groups is 1. The number of nitrogens with one attached hydrogen (secondary N) is 3. The van der Waals surface area contributed by atoms with E-state index in [9.17, 15) is 18.0 Å². The molecule has 1 aliphatic rings. The van der Waals surface area contributed by atoms with Crippen LogP contribution in [-0.4, -0.2) is 57.5 Å². The number of hydrogen-bond acceptors (Lipinski definition) is 8. The second-order valence-corrected chi connectivity index (χ2v) is 10.3. The van der Waals surface area contributed by atoms with Crippen LogP contribution in [0.3, 0.4) is 0 Å². The van der Waals surface area contributed by atoms with Crippen LogP contribution in [0.2, 0.25) is 5.02 Å². The predicted molar refractivity (Wildman–Crippen MR) is 123 cm³/mol. The summed E-state index contributed by atoms with van der Waals surface area (Å²) < 4.78 is 35.8. The van der Waals surface area contributed by atoms with Crippen molar-refractivity contribution in [2.45, 2.75) is 15.6 Å². The van der Waals surface area contributed by atoms with E-state index in [4.69, 9.17) is 21.1 Å². The van der Waals surface area contributed by atoms with E-state index in [1.807, 2.05) is 0 Å². The average molecular weight is 500 g/mol. The second kappa shape index (κ2) is 10.4. The van der Waals surface area contributed by atoms with E-state index in [0.717, 1.165) is 11.8 Å². The number of ether oxygens (including phenoxy) is 2. The van der Waals surface area contributed by atoms with E-state index in [2.05, 4.69) is 16.0 Å². The van der Waals surface area contributed by atoms with Gasteiger partial charge in [0, 0.05) is 12.6 Å². The molecule has 2 unspecified atom stereocenters. The maximum absolute atomic E-state index is 12.7. The normalized spacial score (nSPS) is 18.5. The zero-order chi connectivity index (χ0) is 23.3. The Kier molecular flexibility index (Phi) is 7.88. The van der Waals surface area contributed by atoms with Gasteiger partial charge < -0.3 is 20.1 Å². The van der Waals surface area contributed by atoms with Crippen molar-refractivity contribution in [3.8, 4) is 11.5 Å². The van der Waals surface area contributed by atoms with Crippen molar-refractivity contribution in [1.29, 1.82) is 0 Å². The van der Waals surface area contributed by atoms with Gasteiger partial charge in [0.25, 0.3) is 0 Å². The highest BCUT2D eigenvalue weighted by Gasteiger charge is 2.38. The molecule has 172 valence electrons. The zero-order valence-electron chi connectivity index (χ0n) is 17.3. The summed E-state index contributed by atoms with van der Waals surface area (Å²) in [6.45, 7) is -0.0652. The van der Waals surface area contributed by atoms with Gasteiger partial charge in [0.05, 0.1) is 35.6 Å². The van der Waals surface area contributed by atoms with Crippen LogP contribution in [0, 0.1) is 0 Å². The first-order valence-corrected chi connectivity index (χ1v) is 12.4. The van der Waals surface area contributed by atoms with Crippen molar-refractivity contribution >= 4 is 50.7 Å². The fourth-order valence-corrected chi connectivity index (χ4v) is 5.58. The molecule has 1 heterocycles. The van der Waals surface area contributed by atoms with Crippen LogP contribution < -0.4 is 25.4 Å². The van der Waals surface area contributed by atoms with Gasteiger partial charge in [-0.2, -0.15) is 0 Å². The lowest BCUT2D eigenvalue weighted by Gasteiger charge is -2.29. The molecule has 1 saturated heterocycles. The molecule has 2 aromatic rings. The number of anilines is 1. The smallest absolute Gasteiger partial charge is 0.241 e. The molecule has 0 aromatic heterocycles. The van der Waals surface area contributed by atoms with Gasteiger partial charge in [0.15, 0.2) is 15.1 Å². The summed E-state index contributed by atoms with van der Waals surface area (Å²) in [6.07, 6.45) is 0. The topological polar surface area (TPSA) is 123 Å². The molecule has 9 nitrogen and oxygen atoms in total. The van der Waals surface area contributed by atoms with Crippen LogP contribution in [0.1, 0.15) is 0 Å². The molecule has 0 bridgehead atoms. The minimum absolute atomic E-state index is 0.0130. The lowest BCUT2D eigenvalue weighted by molar-refractivity contribution is -0.122. The van der Waals surface area contributed by atoms with Crippen molar-refractivity contribution in [3.05, 3.63) is 47.5 Å². The third kappa shape index (κ3) is 5.47. The van der Waals surface area contributed by atoms with Gasteiger partial charge in [-0.3, -0.25) is 14.9 Å². The number of amides is 2. The van der Waals surface area contributed by atoms with Crippen LogP contribution in [0.5, 0.6) is 11.5 Å². The molecule has 2 amide bonds. The molecule has 0 saturated carbocycles. The number of halogens is 1. The molecule has 32 heavy (non-hydrogen) atoms. The fraction of sp³-hybridized carbons (Fsp3) is 0.300. The zero-order valence-corrected chi connectivity index (χ0v) is 19.6. The molecule has 3 rings (SSSR count). The van der Waals surface area contributed by atoms with E-state index >= 15 is 0 Å². The summed E-state index contributed by atoms with van der Waals surface area (Å²) in [4.78, 5) is 24.9. The van der Waals surface area contributed by atoms with E-state index in [-0.39, 0.29) is 23.1 Å². The van der Waals surface area contributed by atoms with Gasteiger partial charge in [-0.1, -0.05) is 29.8 Å². The predicted octanol–water partition coefficient (Wildman–Crippen LogP) is 1.87. The molecule has 2 aromatic carbocycles. The number of hydrogen-bond donors (Lipinski definition) is 3. The summed E-state index contributed by atoms with van der Waals surface area (Å²) >= 11 is 7.22. The largest absolute Gasteiger partial charge is 0.495 e. The molecule has 0 aliphatic carbocycles. The Morgan fingerprint density at radius 2 is 1.88 bits per heavy atom. The lowest BCUT2D eigenvalue weighted by atomic mass is 10.2. The summed E-state index contributed by atoms with van der Waals surface area (Å²) in [7, 11) is -0.902. The third-order valence-electron chi connectivity index (χ3n) is 4.63. The molecule has 0 spiro atoms. The average Bonchev–Trinajstić information content (AvgIpc) is 2.78. The lowest BCUT2D eigenvalue weighted by Crippen LogP contribution is -2.59. The standard InChI is InChI=1S/C20H22ClN3O6S2/c1-29-15-9-16(30-2)14(8-13(15)21)23-18(25)11-31-20-22-10-17(19(26)24-20)32(27,28)12-6-4-3-5-7-12/h3-9,17,20,22H,10-11H2,1-2H3,(H,23,25)(H,24,26). The molecular weight excluding hydrogens is 478 g/mol. The van der Waals surface area contributed by atoms with Gasteiger partial charge in [0.2, 0.25) is 11.8 Å². The Balaban J connectivity index is 1.56. The van der Waals surface area contributed by atoms with Gasteiger partial charge >= 0.3 is 0 Å². The summed E-state index contributed by atoms with van der Waals surface area (Å²) in [5.74, 6) is -0.202. The minimum Gasteiger partial charge on any atom is -0.495 e. The highest BCUT2D eigenvalue weighted by molar-refractivity contribution is 8.00. The Morgan fingerprint density at radius 3 is 2.50 bits per heavy atom. The number of rotatable bonds is 8. The van der Waals surface area contributed by atoms with Crippen LogP contribution in [0.4, 0.5) is 5.69 Å². The van der Waals surface area contributed by atoms with Crippen molar-refractivity contribution in [3.63, 3.8) is 0 Å². The quantitative estimate of drug-likeness (QED) is 0.503. The first-order valence-electron chi connectivity index (χ1n) is 9.42. The molecule has 2 atom stereocenters. The highest BCUT2D eigenvalue weighted by Crippen LogP contribution is 2.36. The third-order valence-corrected chi connectivity index (χ3v) is 8.03. The molecule has 0 radical (unpaired) electrons. The van der Waals surface area contributed by atoms with Crippen LogP contribution in [-0.2, 0) is 19.4 Å². The second-order valence-electron chi connectivity index (χ2n) is 6.69. The summed E-state index contributed by atoms with van der Waals surface area (Å²) in [6, 6.07) is 10.9. The van der Waals surface area contributed by atoms with Crippen molar-refractivity contribution < 1.29 is 27.5 Å². The monoisotopic (exact) mass is 499 g/mol. The highest BCUT2D eigenvalue weighted by atomic mass is 35.5. The Labute approximate surface area is 195 Å². The van der Waals surface area contributed by atoms with Crippen LogP contribution in [0.15, 0.2) is 47.4 Å². The van der Waals surface area contributed by atoms with Crippen LogP contribution >= 0.6 is 23.4 Å². The first-order chi connectivity index (χ1) is 15.3. The SMILES string of the molecule is COc1cc(OC)c(NC(=O)CSC2NCC(S(=O)(=O)c3ccccc3)C(=O)N2)cc1Cl. The van der Waals surface area contributed by atoms with Crippen molar-refractivity contribution in [1.82, 2.24) is 10.6 Å². The summed E-state index contributed by atoms with van der Waals surface area (Å²) in [5.41, 5.74) is -0.240. The van der Waals surface area contributed by atoms with E-state index < -0.39 is 26.5 Å². The maximum atomic E-state index is 12.7. The Hall–Kier alpha value is -2.47. The molecular formula is C20H22ClN3O6S2. The number of benzene rings is 2. The maximum Gasteiger partial charge on any atom is 0.241 e. The number of carbonyl (C=O) groups excluding carboxylic acids is 2. The van der Waals surface area contributed by atoms with E-state index in [1.165, 1.54) is 32.4 Å².